The fourth-order valence-electron chi connectivity index (χ4n) is 1.75. The highest BCUT2D eigenvalue weighted by molar-refractivity contribution is 9.10. The largest absolute Gasteiger partial charge is 0.483 e. The van der Waals surface area contributed by atoms with Crippen LogP contribution in [-0.2, 0) is 4.79 Å². The molecule has 0 spiro atoms. The molecule has 20 heavy (non-hydrogen) atoms. The fraction of sp³-hybridized carbons (Fsp3) is 0.400. The maximum absolute atomic E-state index is 11.5. The van der Waals surface area contributed by atoms with Gasteiger partial charge in [0.2, 0.25) is 0 Å². The van der Waals surface area contributed by atoms with Crippen LogP contribution in [0, 0.1) is 12.3 Å². The lowest BCUT2D eigenvalue weighted by Crippen LogP contribution is -2.29. The van der Waals surface area contributed by atoms with Crippen LogP contribution >= 0.6 is 15.9 Å². The molecule has 108 valence electrons. The molecule has 0 aliphatic carbocycles. The topological polar surface area (TPSA) is 50.4 Å². The summed E-state index contributed by atoms with van der Waals surface area (Å²) in [6.45, 7) is 5.12. The van der Waals surface area contributed by atoms with Crippen molar-refractivity contribution in [2.45, 2.75) is 19.9 Å². The monoisotopic (exact) mass is 338 g/mol. The van der Waals surface area contributed by atoms with Gasteiger partial charge in [0.1, 0.15) is 5.75 Å². The van der Waals surface area contributed by atoms with Crippen LogP contribution in [-0.4, -0.2) is 25.6 Å². The summed E-state index contributed by atoms with van der Waals surface area (Å²) in [5, 5.41) is 5.88. The minimum Gasteiger partial charge on any atom is -0.483 e. The van der Waals surface area contributed by atoms with E-state index in [1.807, 2.05) is 25.1 Å². The number of terminal acetylenes is 1. The Morgan fingerprint density at radius 1 is 1.55 bits per heavy atom. The Labute approximate surface area is 128 Å². The summed E-state index contributed by atoms with van der Waals surface area (Å²) in [6.07, 6.45) is 5.08. The highest BCUT2D eigenvalue weighted by atomic mass is 79.9. The summed E-state index contributed by atoms with van der Waals surface area (Å²) in [5.41, 5.74) is 1.01. The van der Waals surface area contributed by atoms with Gasteiger partial charge in [-0.05, 0) is 25.6 Å². The molecular formula is C15H19BrN2O2. The number of amides is 1. The van der Waals surface area contributed by atoms with Gasteiger partial charge in [-0.25, -0.2) is 0 Å². The van der Waals surface area contributed by atoms with Gasteiger partial charge in [0, 0.05) is 16.1 Å². The first kappa shape index (κ1) is 16.5. The maximum Gasteiger partial charge on any atom is 0.258 e. The highest BCUT2D eigenvalue weighted by Gasteiger charge is 2.12. The van der Waals surface area contributed by atoms with Gasteiger partial charge in [0.15, 0.2) is 6.61 Å². The van der Waals surface area contributed by atoms with Crippen LogP contribution in [0.3, 0.4) is 0 Å². The van der Waals surface area contributed by atoms with Crippen LogP contribution in [0.5, 0.6) is 5.75 Å². The number of rotatable bonds is 7. The number of carbonyl (C=O) groups is 1. The molecule has 1 aromatic rings. The molecule has 0 aliphatic rings. The molecule has 1 atom stereocenters. The van der Waals surface area contributed by atoms with E-state index < -0.39 is 0 Å². The SMILES string of the molecule is C#CCNC(=O)COc1cc(Br)ccc1C(C)NCC. The minimum atomic E-state index is -0.232. The molecular weight excluding hydrogens is 320 g/mol. The van der Waals surface area contributed by atoms with Crippen LogP contribution in [0.25, 0.3) is 0 Å². The summed E-state index contributed by atoms with van der Waals surface area (Å²) in [6, 6.07) is 5.94. The van der Waals surface area contributed by atoms with Crippen molar-refractivity contribution < 1.29 is 9.53 Å². The fourth-order valence-corrected chi connectivity index (χ4v) is 2.09. The molecule has 0 heterocycles. The lowest BCUT2D eigenvalue weighted by atomic mass is 10.1. The Hall–Kier alpha value is -1.51. The van der Waals surface area contributed by atoms with Gasteiger partial charge in [-0.2, -0.15) is 0 Å². The summed E-state index contributed by atoms with van der Waals surface area (Å²) >= 11 is 3.41. The van der Waals surface area contributed by atoms with E-state index >= 15 is 0 Å². The molecule has 0 aromatic heterocycles. The summed E-state index contributed by atoms with van der Waals surface area (Å²) in [7, 11) is 0. The standard InChI is InChI=1S/C15H19BrN2O2/c1-4-8-18-15(19)10-20-14-9-12(16)6-7-13(14)11(3)17-5-2/h1,6-7,9,11,17H,5,8,10H2,2-3H3,(H,18,19). The van der Waals surface area contributed by atoms with Crippen LogP contribution in [0.1, 0.15) is 25.5 Å². The Kier molecular flexibility index (Phi) is 7.13. The normalized spacial score (nSPS) is 11.5. The molecule has 4 nitrogen and oxygen atoms in total. The Bertz CT molecular complexity index is 497. The van der Waals surface area contributed by atoms with Gasteiger partial charge in [-0.3, -0.25) is 4.79 Å². The molecule has 1 rings (SSSR count). The smallest absolute Gasteiger partial charge is 0.258 e. The van der Waals surface area contributed by atoms with Crippen LogP contribution in [0.2, 0.25) is 0 Å². The third-order valence-corrected chi connectivity index (χ3v) is 3.19. The molecule has 1 amide bonds. The average molecular weight is 339 g/mol. The third kappa shape index (κ3) is 5.24. The van der Waals surface area contributed by atoms with E-state index in [1.54, 1.807) is 0 Å². The highest BCUT2D eigenvalue weighted by Crippen LogP contribution is 2.28. The van der Waals surface area contributed by atoms with Crippen LogP contribution in [0.4, 0.5) is 0 Å². The van der Waals surface area contributed by atoms with E-state index in [9.17, 15) is 4.79 Å². The molecule has 0 bridgehead atoms. The summed E-state index contributed by atoms with van der Waals surface area (Å²) < 4.78 is 6.50. The first-order valence-corrected chi connectivity index (χ1v) is 7.23. The van der Waals surface area contributed by atoms with Crippen LogP contribution in [0.15, 0.2) is 22.7 Å². The first-order chi connectivity index (χ1) is 9.58. The number of halogens is 1. The van der Waals surface area contributed by atoms with E-state index in [1.165, 1.54) is 0 Å². The van der Waals surface area contributed by atoms with Crippen molar-refractivity contribution in [1.82, 2.24) is 10.6 Å². The predicted molar refractivity (Wildman–Crippen MR) is 83.6 cm³/mol. The second-order valence-corrected chi connectivity index (χ2v) is 5.15. The number of nitrogens with one attached hydrogen (secondary N) is 2. The number of hydrogen-bond acceptors (Lipinski definition) is 3. The number of carbonyl (C=O) groups excluding carboxylic acids is 1. The summed E-state index contributed by atoms with van der Waals surface area (Å²) in [4.78, 5) is 11.5. The van der Waals surface area contributed by atoms with Crippen molar-refractivity contribution >= 4 is 21.8 Å². The molecule has 0 aliphatic heterocycles. The van der Waals surface area contributed by atoms with Gasteiger partial charge in [-0.15, -0.1) is 6.42 Å². The van der Waals surface area contributed by atoms with Gasteiger partial charge < -0.3 is 15.4 Å². The van der Waals surface area contributed by atoms with Gasteiger partial charge in [0.25, 0.3) is 5.91 Å². The predicted octanol–water partition coefficient (Wildman–Crippen LogP) is 2.25. The van der Waals surface area contributed by atoms with Gasteiger partial charge in [0.05, 0.1) is 6.54 Å². The summed E-state index contributed by atoms with van der Waals surface area (Å²) in [5.74, 6) is 2.80. The Morgan fingerprint density at radius 3 is 2.95 bits per heavy atom. The second kappa shape index (κ2) is 8.62. The van der Waals surface area contributed by atoms with Crippen molar-refractivity contribution in [2.75, 3.05) is 19.7 Å². The molecule has 0 saturated carbocycles. The molecule has 2 N–H and O–H groups in total. The van der Waals surface area contributed by atoms with Crippen molar-refractivity contribution in [3.63, 3.8) is 0 Å². The zero-order valence-electron chi connectivity index (χ0n) is 11.7. The third-order valence-electron chi connectivity index (χ3n) is 2.70. The number of benzene rings is 1. The lowest BCUT2D eigenvalue weighted by molar-refractivity contribution is -0.122. The molecule has 5 heteroatoms. The van der Waals surface area contributed by atoms with E-state index in [-0.39, 0.29) is 25.1 Å². The Morgan fingerprint density at radius 2 is 2.30 bits per heavy atom. The van der Waals surface area contributed by atoms with E-state index in [0.29, 0.717) is 5.75 Å². The second-order valence-electron chi connectivity index (χ2n) is 4.23. The molecule has 1 aromatic carbocycles. The average Bonchev–Trinajstić information content (AvgIpc) is 2.43. The first-order valence-electron chi connectivity index (χ1n) is 6.44. The zero-order valence-corrected chi connectivity index (χ0v) is 13.3. The molecule has 0 saturated heterocycles. The van der Waals surface area contributed by atoms with E-state index in [2.05, 4.69) is 39.4 Å². The van der Waals surface area contributed by atoms with E-state index in [0.717, 1.165) is 16.6 Å². The van der Waals surface area contributed by atoms with Crippen molar-refractivity contribution in [2.24, 2.45) is 0 Å². The van der Waals surface area contributed by atoms with Crippen molar-refractivity contribution in [3.8, 4) is 18.1 Å². The molecule has 0 radical (unpaired) electrons. The van der Waals surface area contributed by atoms with Gasteiger partial charge >= 0.3 is 0 Å². The minimum absolute atomic E-state index is 0.0516. The van der Waals surface area contributed by atoms with E-state index in [4.69, 9.17) is 11.2 Å². The van der Waals surface area contributed by atoms with Crippen LogP contribution < -0.4 is 15.4 Å². The number of ether oxygens (including phenoxy) is 1. The zero-order chi connectivity index (χ0) is 15.0. The van der Waals surface area contributed by atoms with Crippen molar-refractivity contribution in [3.05, 3.63) is 28.2 Å². The van der Waals surface area contributed by atoms with Gasteiger partial charge in [-0.1, -0.05) is 34.8 Å². The molecule has 1 unspecified atom stereocenters. The lowest BCUT2D eigenvalue weighted by Gasteiger charge is -2.18. The Balaban J connectivity index is 2.74. The number of hydrogen-bond donors (Lipinski definition) is 2. The quantitative estimate of drug-likeness (QED) is 0.749. The maximum atomic E-state index is 11.5. The molecule has 0 fully saturated rings. The van der Waals surface area contributed by atoms with Crippen molar-refractivity contribution in [1.29, 1.82) is 0 Å².